The molecule has 3 rings (SSSR count). The van der Waals surface area contributed by atoms with Gasteiger partial charge in [-0.3, -0.25) is 10.1 Å². The van der Waals surface area contributed by atoms with Gasteiger partial charge >= 0.3 is 5.97 Å². The van der Waals surface area contributed by atoms with Crippen LogP contribution in [0.25, 0.3) is 12.2 Å². The van der Waals surface area contributed by atoms with Crippen LogP contribution in [0, 0.1) is 10.1 Å². The number of nitro benzene ring substituents is 1. The fraction of sp³-hybridized carbons (Fsp3) is 0.100. The molecule has 0 spiro atoms. The largest absolute Gasteiger partial charge is 0.497 e. The maximum absolute atomic E-state index is 12.1. The van der Waals surface area contributed by atoms with Gasteiger partial charge in [0.15, 0.2) is 5.70 Å². The van der Waals surface area contributed by atoms with E-state index in [9.17, 15) is 14.9 Å². The van der Waals surface area contributed by atoms with E-state index in [1.165, 1.54) is 25.3 Å². The average Bonchev–Trinajstić information content (AvgIpc) is 3.06. The minimum absolute atomic E-state index is 0.0281. The summed E-state index contributed by atoms with van der Waals surface area (Å²) >= 11 is 0. The van der Waals surface area contributed by atoms with E-state index in [2.05, 4.69) is 4.99 Å². The molecule has 0 unspecified atom stereocenters. The van der Waals surface area contributed by atoms with Crippen LogP contribution in [0.3, 0.4) is 0 Å². The Labute approximate surface area is 160 Å². The van der Waals surface area contributed by atoms with Gasteiger partial charge in [0.05, 0.1) is 19.1 Å². The third kappa shape index (κ3) is 4.24. The van der Waals surface area contributed by atoms with Crippen molar-refractivity contribution < 1.29 is 23.9 Å². The maximum atomic E-state index is 12.1. The highest BCUT2D eigenvalue weighted by molar-refractivity contribution is 6.11. The van der Waals surface area contributed by atoms with Gasteiger partial charge < -0.3 is 14.2 Å². The van der Waals surface area contributed by atoms with Gasteiger partial charge in [0.25, 0.3) is 5.69 Å². The van der Waals surface area contributed by atoms with Crippen LogP contribution in [0.15, 0.2) is 59.2 Å². The van der Waals surface area contributed by atoms with E-state index in [0.717, 1.165) is 0 Å². The molecule has 0 saturated carbocycles. The van der Waals surface area contributed by atoms with Crippen LogP contribution in [0.1, 0.15) is 11.1 Å². The lowest BCUT2D eigenvalue weighted by molar-refractivity contribution is -0.384. The molecule has 0 amide bonds. The average molecular weight is 380 g/mol. The summed E-state index contributed by atoms with van der Waals surface area (Å²) < 4.78 is 15.6. The fourth-order valence-corrected chi connectivity index (χ4v) is 2.49. The zero-order valence-corrected chi connectivity index (χ0v) is 15.1. The summed E-state index contributed by atoms with van der Waals surface area (Å²) in [6.07, 6.45) is 4.61. The molecule has 1 heterocycles. The van der Waals surface area contributed by atoms with Crippen molar-refractivity contribution in [2.24, 2.45) is 4.99 Å². The Morgan fingerprint density at radius 2 is 1.93 bits per heavy atom. The predicted molar refractivity (Wildman–Crippen MR) is 103 cm³/mol. The number of benzene rings is 2. The molecule has 1 aliphatic rings. The second kappa shape index (κ2) is 8.17. The monoisotopic (exact) mass is 380 g/mol. The zero-order chi connectivity index (χ0) is 20.1. The number of ether oxygens (including phenoxy) is 3. The number of carbonyl (C=O) groups excluding carboxylic acids is 1. The second-order valence-electron chi connectivity index (χ2n) is 5.66. The Morgan fingerprint density at radius 1 is 1.11 bits per heavy atom. The number of hydrogen-bond donors (Lipinski definition) is 0. The number of esters is 1. The van der Waals surface area contributed by atoms with Crippen molar-refractivity contribution in [3.05, 3.63) is 75.5 Å². The van der Waals surface area contributed by atoms with Crippen molar-refractivity contribution in [3.63, 3.8) is 0 Å². The van der Waals surface area contributed by atoms with Crippen molar-refractivity contribution in [2.45, 2.75) is 0 Å². The molecule has 2 aromatic rings. The molecule has 0 atom stereocenters. The first-order chi connectivity index (χ1) is 13.5. The maximum Gasteiger partial charge on any atom is 0.363 e. The molecule has 0 saturated heterocycles. The molecular formula is C20H16N2O6. The first-order valence-corrected chi connectivity index (χ1v) is 8.17. The van der Waals surface area contributed by atoms with E-state index in [-0.39, 0.29) is 17.3 Å². The van der Waals surface area contributed by atoms with Crippen molar-refractivity contribution in [1.29, 1.82) is 0 Å². The van der Waals surface area contributed by atoms with Crippen LogP contribution < -0.4 is 9.47 Å². The van der Waals surface area contributed by atoms with E-state index >= 15 is 0 Å². The van der Waals surface area contributed by atoms with Gasteiger partial charge in [-0.25, -0.2) is 9.79 Å². The Hall–Kier alpha value is -3.94. The normalized spacial score (nSPS) is 14.9. The Morgan fingerprint density at radius 3 is 2.64 bits per heavy atom. The van der Waals surface area contributed by atoms with E-state index in [1.807, 2.05) is 0 Å². The van der Waals surface area contributed by atoms with Crippen molar-refractivity contribution >= 4 is 29.7 Å². The molecule has 142 valence electrons. The van der Waals surface area contributed by atoms with Gasteiger partial charge in [-0.1, -0.05) is 12.1 Å². The minimum atomic E-state index is -0.600. The highest BCUT2D eigenvalue weighted by atomic mass is 16.6. The van der Waals surface area contributed by atoms with E-state index in [1.54, 1.807) is 49.6 Å². The van der Waals surface area contributed by atoms with Gasteiger partial charge in [0, 0.05) is 29.8 Å². The summed E-state index contributed by atoms with van der Waals surface area (Å²) in [5.41, 5.74) is 1.31. The third-order valence-corrected chi connectivity index (χ3v) is 3.87. The minimum Gasteiger partial charge on any atom is -0.497 e. The lowest BCUT2D eigenvalue weighted by Gasteiger charge is -2.07. The molecule has 0 N–H and O–H groups in total. The number of cyclic esters (lactones) is 1. The topological polar surface area (TPSA) is 100 Å². The van der Waals surface area contributed by atoms with Gasteiger partial charge in [0.2, 0.25) is 5.90 Å². The first kappa shape index (κ1) is 18.8. The molecular weight excluding hydrogens is 364 g/mol. The molecule has 8 nitrogen and oxygen atoms in total. The van der Waals surface area contributed by atoms with Crippen molar-refractivity contribution in [2.75, 3.05) is 14.2 Å². The van der Waals surface area contributed by atoms with Gasteiger partial charge in [-0.15, -0.1) is 0 Å². The van der Waals surface area contributed by atoms with Gasteiger partial charge in [0.1, 0.15) is 11.5 Å². The van der Waals surface area contributed by atoms with Crippen molar-refractivity contribution in [1.82, 2.24) is 0 Å². The number of hydrogen-bond acceptors (Lipinski definition) is 7. The lowest BCUT2D eigenvalue weighted by Crippen LogP contribution is -2.01. The molecule has 1 aliphatic heterocycles. The first-order valence-electron chi connectivity index (χ1n) is 8.17. The van der Waals surface area contributed by atoms with Crippen molar-refractivity contribution in [3.8, 4) is 11.5 Å². The quantitative estimate of drug-likeness (QED) is 0.328. The second-order valence-corrected chi connectivity index (χ2v) is 5.66. The SMILES string of the molecule is COc1ccc(C=C2N=C(C=Cc3cccc([N+](=O)[O-])c3)OC2=O)c(OC)c1. The standard InChI is InChI=1S/C20H16N2O6/c1-26-16-8-7-14(18(12-16)27-2)11-17-20(23)28-19(21-17)9-6-13-4-3-5-15(10-13)22(24)25/h3-12H,1-2H3. The summed E-state index contributed by atoms with van der Waals surface area (Å²) in [6, 6.07) is 11.2. The number of methoxy groups -OCH3 is 2. The van der Waals surface area contributed by atoms with E-state index < -0.39 is 10.9 Å². The number of aliphatic imine (C=N–C) groups is 1. The Balaban J connectivity index is 1.84. The smallest absolute Gasteiger partial charge is 0.363 e. The Kier molecular flexibility index (Phi) is 5.50. The number of non-ortho nitro benzene ring substituents is 1. The molecule has 0 aliphatic carbocycles. The summed E-state index contributed by atoms with van der Waals surface area (Å²) in [7, 11) is 3.06. The Bertz CT molecular complexity index is 1020. The predicted octanol–water partition coefficient (Wildman–Crippen LogP) is 3.62. The zero-order valence-electron chi connectivity index (χ0n) is 15.1. The van der Waals surface area contributed by atoms with Crippen LogP contribution >= 0.6 is 0 Å². The number of carbonyl (C=O) groups is 1. The molecule has 0 bridgehead atoms. The van der Waals surface area contributed by atoms with Crippen LogP contribution in [0.5, 0.6) is 11.5 Å². The number of nitro groups is 1. The molecule has 2 aromatic carbocycles. The van der Waals surface area contributed by atoms with Crippen LogP contribution in [0.2, 0.25) is 0 Å². The summed E-state index contributed by atoms with van der Waals surface area (Å²) in [5, 5.41) is 10.8. The van der Waals surface area contributed by atoms with E-state index in [4.69, 9.17) is 14.2 Å². The van der Waals surface area contributed by atoms with Crippen LogP contribution in [-0.2, 0) is 9.53 Å². The third-order valence-electron chi connectivity index (χ3n) is 3.87. The molecule has 0 radical (unpaired) electrons. The van der Waals surface area contributed by atoms with Gasteiger partial charge in [-0.05, 0) is 29.8 Å². The molecule has 0 fully saturated rings. The number of nitrogens with zero attached hydrogens (tertiary/aromatic N) is 2. The van der Waals surface area contributed by atoms with Crippen LogP contribution in [0.4, 0.5) is 5.69 Å². The highest BCUT2D eigenvalue weighted by Crippen LogP contribution is 2.28. The van der Waals surface area contributed by atoms with E-state index in [0.29, 0.717) is 22.6 Å². The summed E-state index contributed by atoms with van der Waals surface area (Å²) in [5.74, 6) is 0.638. The number of rotatable bonds is 6. The van der Waals surface area contributed by atoms with Crippen LogP contribution in [-0.4, -0.2) is 31.0 Å². The van der Waals surface area contributed by atoms with Gasteiger partial charge in [-0.2, -0.15) is 0 Å². The lowest BCUT2D eigenvalue weighted by atomic mass is 10.1. The molecule has 8 heteroatoms. The summed E-state index contributed by atoms with van der Waals surface area (Å²) in [6.45, 7) is 0. The fourth-order valence-electron chi connectivity index (χ4n) is 2.49. The molecule has 0 aromatic heterocycles. The molecule has 28 heavy (non-hydrogen) atoms. The highest BCUT2D eigenvalue weighted by Gasteiger charge is 2.22. The summed E-state index contributed by atoms with van der Waals surface area (Å²) in [4.78, 5) is 26.6.